The van der Waals surface area contributed by atoms with Gasteiger partial charge in [-0.15, -0.1) is 0 Å². The summed E-state index contributed by atoms with van der Waals surface area (Å²) in [6.07, 6.45) is 13.9. The van der Waals surface area contributed by atoms with Crippen LogP contribution in [0.3, 0.4) is 0 Å². The van der Waals surface area contributed by atoms with Crippen LogP contribution in [0.2, 0.25) is 0 Å². The highest BCUT2D eigenvalue weighted by Crippen LogP contribution is 2.29. The number of hydrogen-bond acceptors (Lipinski definition) is 4. The Bertz CT molecular complexity index is 1210. The van der Waals surface area contributed by atoms with E-state index in [1.54, 1.807) is 17.0 Å². The number of likely N-dealkylation sites (tertiary alicyclic amines) is 1. The molecule has 1 aliphatic heterocycles. The monoisotopic (exact) mass is 540 g/mol. The van der Waals surface area contributed by atoms with Crippen LogP contribution in [-0.2, 0) is 38.2 Å². The Hall–Kier alpha value is -2.65. The van der Waals surface area contributed by atoms with Crippen molar-refractivity contribution in [1.82, 2.24) is 19.9 Å². The summed E-state index contributed by atoms with van der Waals surface area (Å²) in [7, 11) is -3.74. The van der Waals surface area contributed by atoms with E-state index in [-0.39, 0.29) is 23.6 Å². The zero-order chi connectivity index (χ0) is 26.5. The summed E-state index contributed by atoms with van der Waals surface area (Å²) in [6.45, 7) is 0.477. The number of hydrogen-bond donors (Lipinski definition) is 3. The molecule has 1 aromatic carbocycles. The molecule has 3 atom stereocenters. The fourth-order valence-corrected chi connectivity index (χ4v) is 7.82. The molecule has 1 saturated carbocycles. The summed E-state index contributed by atoms with van der Waals surface area (Å²) < 4.78 is 29.1. The van der Waals surface area contributed by atoms with Crippen LogP contribution in [0.1, 0.15) is 74.5 Å². The van der Waals surface area contributed by atoms with Gasteiger partial charge in [-0.25, -0.2) is 13.1 Å². The number of rotatable bonds is 9. The van der Waals surface area contributed by atoms with E-state index in [1.807, 2.05) is 30.6 Å². The van der Waals surface area contributed by atoms with Gasteiger partial charge in [-0.2, -0.15) is 0 Å². The number of benzene rings is 1. The largest absolute Gasteiger partial charge is 0.367 e. The van der Waals surface area contributed by atoms with Crippen LogP contribution in [0, 0.1) is 5.92 Å². The zero-order valence-corrected chi connectivity index (χ0v) is 22.8. The third-order valence-electron chi connectivity index (χ3n) is 8.45. The highest BCUT2D eigenvalue weighted by molar-refractivity contribution is 7.88. The lowest BCUT2D eigenvalue weighted by atomic mass is 9.84. The van der Waals surface area contributed by atoms with E-state index in [0.29, 0.717) is 30.9 Å². The first-order valence-corrected chi connectivity index (χ1v) is 15.8. The van der Waals surface area contributed by atoms with Crippen molar-refractivity contribution < 1.29 is 18.0 Å². The number of aromatic amines is 1. The van der Waals surface area contributed by atoms with Gasteiger partial charge in [-0.05, 0) is 61.1 Å². The van der Waals surface area contributed by atoms with E-state index in [4.69, 9.17) is 0 Å². The van der Waals surface area contributed by atoms with Gasteiger partial charge in [-0.3, -0.25) is 9.59 Å². The predicted octanol–water partition coefficient (Wildman–Crippen LogP) is 3.44. The molecular weight excluding hydrogens is 500 g/mol. The van der Waals surface area contributed by atoms with Gasteiger partial charge in [0, 0.05) is 25.0 Å². The van der Waals surface area contributed by atoms with Crippen molar-refractivity contribution in [2.24, 2.45) is 5.92 Å². The molecule has 3 unspecified atom stereocenters. The number of fused-ring (bicyclic) bond motifs is 1. The minimum Gasteiger partial charge on any atom is -0.367 e. The van der Waals surface area contributed by atoms with Gasteiger partial charge in [-0.1, -0.05) is 62.4 Å². The Morgan fingerprint density at radius 1 is 0.974 bits per heavy atom. The molecule has 206 valence electrons. The number of sulfonamides is 1. The summed E-state index contributed by atoms with van der Waals surface area (Å²) in [5.41, 5.74) is 3.23. The average molecular weight is 541 g/mol. The Kier molecular flexibility index (Phi) is 8.53. The van der Waals surface area contributed by atoms with Gasteiger partial charge >= 0.3 is 0 Å². The maximum atomic E-state index is 13.9. The maximum absolute atomic E-state index is 13.9. The van der Waals surface area contributed by atoms with E-state index in [1.165, 1.54) is 17.5 Å². The normalized spacial score (nSPS) is 23.1. The molecule has 8 nitrogen and oxygen atoms in total. The van der Waals surface area contributed by atoms with Crippen molar-refractivity contribution in [2.75, 3.05) is 6.54 Å². The first-order valence-electron chi connectivity index (χ1n) is 14.2. The summed E-state index contributed by atoms with van der Waals surface area (Å²) in [5.74, 6) is -0.246. The minimum atomic E-state index is -3.74. The second-order valence-electron chi connectivity index (χ2n) is 11.3. The molecule has 3 N–H and O–H groups in total. The summed E-state index contributed by atoms with van der Waals surface area (Å²) in [6, 6.07) is 7.67. The summed E-state index contributed by atoms with van der Waals surface area (Å²) in [4.78, 5) is 32.1. The Morgan fingerprint density at radius 3 is 2.53 bits per heavy atom. The van der Waals surface area contributed by atoms with Crippen LogP contribution in [0.25, 0.3) is 0 Å². The molecule has 2 amide bonds. The van der Waals surface area contributed by atoms with Crippen LogP contribution in [0.5, 0.6) is 0 Å². The van der Waals surface area contributed by atoms with Gasteiger partial charge in [0.25, 0.3) is 0 Å². The lowest BCUT2D eigenvalue weighted by Gasteiger charge is -2.32. The van der Waals surface area contributed by atoms with E-state index in [2.05, 4.69) is 15.0 Å². The van der Waals surface area contributed by atoms with Gasteiger partial charge in [0.15, 0.2) is 0 Å². The van der Waals surface area contributed by atoms with Crippen LogP contribution >= 0.6 is 0 Å². The topological polar surface area (TPSA) is 111 Å². The third kappa shape index (κ3) is 6.67. The van der Waals surface area contributed by atoms with E-state index >= 15 is 0 Å². The first-order chi connectivity index (χ1) is 18.4. The standard InChI is InChI=1S/C29H40N4O4S/c34-28(31-25-14-13-23-18-30-19-24(23)17-25)27-12-7-15-33(27)29(35)26(16-21-8-3-1-4-9-21)32-38(36,37)20-22-10-5-2-6-11-22/h2,5-6,10-11,18-19,21,25-27,30,32H,1,3-4,7-9,12-17,20H2,(H,31,34). The van der Waals surface area contributed by atoms with Crippen LogP contribution < -0.4 is 10.0 Å². The van der Waals surface area contributed by atoms with Gasteiger partial charge in [0.1, 0.15) is 12.1 Å². The van der Waals surface area contributed by atoms with Crippen LogP contribution in [0.15, 0.2) is 42.7 Å². The quantitative estimate of drug-likeness (QED) is 0.452. The molecule has 9 heteroatoms. The highest BCUT2D eigenvalue weighted by atomic mass is 32.2. The molecule has 1 saturated heterocycles. The summed E-state index contributed by atoms with van der Waals surface area (Å²) >= 11 is 0. The molecular formula is C29H40N4O4S. The Morgan fingerprint density at radius 2 is 1.74 bits per heavy atom. The third-order valence-corrected chi connectivity index (χ3v) is 9.81. The molecule has 1 aromatic heterocycles. The van der Waals surface area contributed by atoms with Gasteiger partial charge < -0.3 is 15.2 Å². The van der Waals surface area contributed by atoms with Gasteiger partial charge in [0.2, 0.25) is 21.8 Å². The van der Waals surface area contributed by atoms with Crippen molar-refractivity contribution in [3.63, 3.8) is 0 Å². The number of nitrogens with zero attached hydrogens (tertiary/aromatic N) is 1. The van der Waals surface area contributed by atoms with Crippen LogP contribution in [0.4, 0.5) is 0 Å². The lowest BCUT2D eigenvalue weighted by molar-refractivity contribution is -0.140. The van der Waals surface area contributed by atoms with Crippen LogP contribution in [-0.4, -0.2) is 54.8 Å². The first kappa shape index (κ1) is 26.9. The maximum Gasteiger partial charge on any atom is 0.243 e. The second kappa shape index (κ2) is 12.0. The van der Waals surface area contributed by atoms with E-state index in [9.17, 15) is 18.0 Å². The summed E-state index contributed by atoms with van der Waals surface area (Å²) in [5, 5.41) is 3.19. The molecule has 3 aliphatic rings. The molecule has 2 fully saturated rings. The van der Waals surface area contributed by atoms with Crippen molar-refractivity contribution in [2.45, 2.75) is 94.5 Å². The Balaban J connectivity index is 1.27. The average Bonchev–Trinajstić information content (AvgIpc) is 3.58. The number of aromatic nitrogens is 1. The van der Waals surface area contributed by atoms with Gasteiger partial charge in [0.05, 0.1) is 5.75 Å². The number of carbonyl (C=O) groups is 2. The fourth-order valence-electron chi connectivity index (χ4n) is 6.48. The molecule has 5 rings (SSSR count). The SMILES string of the molecule is O=C(NC1CCc2c[nH]cc2C1)C1CCCN1C(=O)C(CC1CCCCC1)NS(=O)(=O)Cc1ccccc1. The number of H-pyrrole nitrogens is 1. The Labute approximate surface area is 226 Å². The minimum absolute atomic E-state index is 0.0470. The molecule has 2 aromatic rings. The molecule has 0 bridgehead atoms. The molecule has 0 radical (unpaired) electrons. The molecule has 38 heavy (non-hydrogen) atoms. The number of carbonyl (C=O) groups excluding carboxylic acids is 2. The van der Waals surface area contributed by atoms with Crippen molar-refractivity contribution in [3.8, 4) is 0 Å². The number of nitrogens with one attached hydrogen (secondary N) is 3. The fraction of sp³-hybridized carbons (Fsp3) is 0.586. The number of amides is 2. The highest BCUT2D eigenvalue weighted by Gasteiger charge is 2.40. The van der Waals surface area contributed by atoms with E-state index < -0.39 is 22.1 Å². The van der Waals surface area contributed by atoms with Crippen molar-refractivity contribution in [3.05, 3.63) is 59.4 Å². The second-order valence-corrected chi connectivity index (χ2v) is 13.1. The van der Waals surface area contributed by atoms with Crippen molar-refractivity contribution in [1.29, 1.82) is 0 Å². The zero-order valence-electron chi connectivity index (χ0n) is 22.0. The molecule has 0 spiro atoms. The van der Waals surface area contributed by atoms with E-state index in [0.717, 1.165) is 51.4 Å². The molecule has 2 heterocycles. The smallest absolute Gasteiger partial charge is 0.243 e. The number of aryl methyl sites for hydroxylation is 1. The van der Waals surface area contributed by atoms with Crippen molar-refractivity contribution >= 4 is 21.8 Å². The predicted molar refractivity (Wildman–Crippen MR) is 147 cm³/mol. The lowest BCUT2D eigenvalue weighted by Crippen LogP contribution is -2.55. The molecule has 2 aliphatic carbocycles.